The minimum absolute atomic E-state index is 0.307. The Morgan fingerprint density at radius 2 is 1.71 bits per heavy atom. The number of halogens is 1. The highest BCUT2D eigenvalue weighted by Crippen LogP contribution is 2.40. The summed E-state index contributed by atoms with van der Waals surface area (Å²) >= 11 is 6.05. The third-order valence-electron chi connectivity index (χ3n) is 5.75. The predicted octanol–water partition coefficient (Wildman–Crippen LogP) is 6.90. The van der Waals surface area contributed by atoms with Crippen molar-refractivity contribution in [2.75, 3.05) is 19.5 Å². The van der Waals surface area contributed by atoms with Gasteiger partial charge in [0.05, 0.1) is 26.0 Å². The number of aryl methyl sites for hydroxylation is 1. The number of allylic oxidation sites excluding steroid dienone is 1. The van der Waals surface area contributed by atoms with Crippen molar-refractivity contribution in [1.82, 2.24) is 0 Å². The molecule has 0 fully saturated rings. The summed E-state index contributed by atoms with van der Waals surface area (Å²) < 4.78 is 16.3. The van der Waals surface area contributed by atoms with Crippen LogP contribution in [0.5, 0.6) is 5.75 Å². The number of ether oxygens (including phenoxy) is 2. The van der Waals surface area contributed by atoms with Gasteiger partial charge in [0, 0.05) is 38.9 Å². The van der Waals surface area contributed by atoms with Crippen LogP contribution in [-0.4, -0.2) is 26.1 Å². The number of furan rings is 1. The van der Waals surface area contributed by atoms with Crippen LogP contribution in [0.2, 0.25) is 5.02 Å². The highest BCUT2D eigenvalue weighted by molar-refractivity contribution is 6.30. The Morgan fingerprint density at radius 3 is 2.34 bits per heavy atom. The number of hydrogen-bond acceptors (Lipinski definition) is 5. The topological polar surface area (TPSA) is 77.8 Å². The summed E-state index contributed by atoms with van der Waals surface area (Å²) in [4.78, 5) is 24.3. The van der Waals surface area contributed by atoms with E-state index in [-0.39, 0.29) is 5.91 Å². The maximum Gasteiger partial charge on any atom is 0.337 e. The molecule has 1 aromatic heterocycles. The van der Waals surface area contributed by atoms with E-state index in [0.717, 1.165) is 38.8 Å². The maximum atomic E-state index is 12.7. The van der Waals surface area contributed by atoms with E-state index in [4.69, 9.17) is 25.5 Å². The lowest BCUT2D eigenvalue weighted by atomic mass is 9.96. The number of carbonyl (C=O) groups is 2. The van der Waals surface area contributed by atoms with Crippen LogP contribution in [0.15, 0.2) is 71.4 Å². The number of benzene rings is 3. The largest absolute Gasteiger partial charge is 0.496 e. The van der Waals surface area contributed by atoms with Gasteiger partial charge in [0.25, 0.3) is 0 Å². The Morgan fingerprint density at radius 1 is 1.03 bits per heavy atom. The smallest absolute Gasteiger partial charge is 0.337 e. The third kappa shape index (κ3) is 4.93. The summed E-state index contributed by atoms with van der Waals surface area (Å²) in [7, 11) is 2.91. The summed E-state index contributed by atoms with van der Waals surface area (Å²) in [5.74, 6) is -0.106. The van der Waals surface area contributed by atoms with Gasteiger partial charge in [0.15, 0.2) is 0 Å². The van der Waals surface area contributed by atoms with Crippen molar-refractivity contribution in [3.63, 3.8) is 0 Å². The minimum atomic E-state index is -0.436. The fourth-order valence-electron chi connectivity index (χ4n) is 3.99. The van der Waals surface area contributed by atoms with Crippen LogP contribution in [0, 0.1) is 6.92 Å². The second kappa shape index (κ2) is 10.1. The van der Waals surface area contributed by atoms with Gasteiger partial charge in [-0.2, -0.15) is 0 Å². The van der Waals surface area contributed by atoms with Gasteiger partial charge in [-0.15, -0.1) is 0 Å². The fraction of sp³-hybridized carbons (Fsp3) is 0.143. The molecule has 0 saturated heterocycles. The SMILES string of the molecule is COC(=O)c1ccc(NC(=O)/C=C(\C)c2cc3c(-c4ccc(Cl)cc4)coc3c(C)c2OC)cc1. The molecule has 0 atom stereocenters. The highest BCUT2D eigenvalue weighted by atomic mass is 35.5. The summed E-state index contributed by atoms with van der Waals surface area (Å²) in [5, 5.41) is 4.38. The Bertz CT molecular complexity index is 1430. The van der Waals surface area contributed by atoms with Crippen molar-refractivity contribution < 1.29 is 23.5 Å². The lowest BCUT2D eigenvalue weighted by molar-refractivity contribution is -0.111. The number of esters is 1. The van der Waals surface area contributed by atoms with Gasteiger partial charge in [-0.25, -0.2) is 4.79 Å². The number of nitrogens with one attached hydrogen (secondary N) is 1. The van der Waals surface area contributed by atoms with Crippen molar-refractivity contribution in [2.24, 2.45) is 0 Å². The Labute approximate surface area is 208 Å². The number of fused-ring (bicyclic) bond motifs is 1. The molecule has 0 aliphatic rings. The van der Waals surface area contributed by atoms with Crippen LogP contribution in [0.25, 0.3) is 27.7 Å². The molecule has 0 radical (unpaired) electrons. The van der Waals surface area contributed by atoms with E-state index >= 15 is 0 Å². The summed E-state index contributed by atoms with van der Waals surface area (Å²) in [6.45, 7) is 3.78. The molecule has 0 aliphatic carbocycles. The number of anilines is 1. The van der Waals surface area contributed by atoms with Crippen LogP contribution in [-0.2, 0) is 9.53 Å². The maximum absolute atomic E-state index is 12.7. The van der Waals surface area contributed by atoms with Crippen LogP contribution in [0.1, 0.15) is 28.4 Å². The van der Waals surface area contributed by atoms with Gasteiger partial charge < -0.3 is 19.2 Å². The molecule has 0 unspecified atom stereocenters. The number of hydrogen-bond donors (Lipinski definition) is 1. The van der Waals surface area contributed by atoms with Crippen LogP contribution in [0.4, 0.5) is 5.69 Å². The van der Waals surface area contributed by atoms with E-state index in [2.05, 4.69) is 5.32 Å². The third-order valence-corrected chi connectivity index (χ3v) is 6.00. The lowest BCUT2D eigenvalue weighted by Crippen LogP contribution is -2.09. The average molecular weight is 490 g/mol. The molecule has 0 spiro atoms. The Hall–Kier alpha value is -4.03. The van der Waals surface area contributed by atoms with E-state index in [1.165, 1.54) is 13.2 Å². The van der Waals surface area contributed by atoms with Crippen molar-refractivity contribution in [1.29, 1.82) is 0 Å². The fourth-order valence-corrected chi connectivity index (χ4v) is 4.11. The predicted molar refractivity (Wildman–Crippen MR) is 138 cm³/mol. The van der Waals surface area contributed by atoms with E-state index in [0.29, 0.717) is 22.0 Å². The van der Waals surface area contributed by atoms with Crippen molar-refractivity contribution in [2.45, 2.75) is 13.8 Å². The zero-order chi connectivity index (χ0) is 25.1. The zero-order valence-corrected chi connectivity index (χ0v) is 20.5. The second-order valence-electron chi connectivity index (χ2n) is 8.00. The average Bonchev–Trinajstić information content (AvgIpc) is 3.28. The number of methoxy groups -OCH3 is 2. The highest BCUT2D eigenvalue weighted by Gasteiger charge is 2.19. The molecule has 178 valence electrons. The molecule has 1 N–H and O–H groups in total. The molecule has 1 amide bonds. The normalized spacial score (nSPS) is 11.4. The minimum Gasteiger partial charge on any atom is -0.496 e. The van der Waals surface area contributed by atoms with Crippen molar-refractivity contribution >= 4 is 45.7 Å². The summed E-state index contributed by atoms with van der Waals surface area (Å²) in [6.07, 6.45) is 3.23. The first-order chi connectivity index (χ1) is 16.8. The molecule has 4 rings (SSSR count). The standard InChI is InChI=1S/C28H24ClNO5/c1-16(13-25(31)30-21-11-7-19(8-12-21)28(32)34-4)22-14-23-24(18-5-9-20(29)10-6-18)15-35-27(23)17(2)26(22)33-3/h5-15H,1-4H3,(H,30,31)/b16-13+. The molecular formula is C28H24ClNO5. The zero-order valence-electron chi connectivity index (χ0n) is 19.8. The van der Waals surface area contributed by atoms with Gasteiger partial charge in [0.1, 0.15) is 11.3 Å². The molecule has 4 aromatic rings. The second-order valence-corrected chi connectivity index (χ2v) is 8.44. The first-order valence-corrected chi connectivity index (χ1v) is 11.2. The number of carbonyl (C=O) groups excluding carboxylic acids is 2. The first-order valence-electron chi connectivity index (χ1n) is 10.8. The summed E-state index contributed by atoms with van der Waals surface area (Å²) in [6, 6.07) is 16.0. The molecule has 35 heavy (non-hydrogen) atoms. The van der Waals surface area contributed by atoms with E-state index in [1.807, 2.05) is 44.2 Å². The first kappa shape index (κ1) is 24.1. The molecule has 0 bridgehead atoms. The van der Waals surface area contributed by atoms with E-state index in [1.54, 1.807) is 37.6 Å². The molecule has 0 aliphatic heterocycles. The van der Waals surface area contributed by atoms with Crippen LogP contribution < -0.4 is 10.1 Å². The van der Waals surface area contributed by atoms with Crippen molar-refractivity contribution in [3.05, 3.63) is 88.6 Å². The van der Waals surface area contributed by atoms with Gasteiger partial charge in [-0.1, -0.05) is 23.7 Å². The van der Waals surface area contributed by atoms with Gasteiger partial charge in [-0.3, -0.25) is 4.79 Å². The van der Waals surface area contributed by atoms with Gasteiger partial charge >= 0.3 is 5.97 Å². The number of rotatable bonds is 6. The Kier molecular flexibility index (Phi) is 6.94. The number of amides is 1. The molecule has 3 aromatic carbocycles. The molecule has 6 nitrogen and oxygen atoms in total. The molecule has 0 saturated carbocycles. The molecular weight excluding hydrogens is 466 g/mol. The monoisotopic (exact) mass is 489 g/mol. The van der Waals surface area contributed by atoms with Gasteiger partial charge in [-0.05, 0) is 67.4 Å². The molecule has 1 heterocycles. The van der Waals surface area contributed by atoms with Crippen LogP contribution >= 0.6 is 11.6 Å². The van der Waals surface area contributed by atoms with Crippen LogP contribution in [0.3, 0.4) is 0 Å². The molecule has 7 heteroatoms. The van der Waals surface area contributed by atoms with Crippen molar-refractivity contribution in [3.8, 4) is 16.9 Å². The van der Waals surface area contributed by atoms with Gasteiger partial charge in [0.2, 0.25) is 5.91 Å². The lowest BCUT2D eigenvalue weighted by Gasteiger charge is -2.13. The van der Waals surface area contributed by atoms with E-state index in [9.17, 15) is 9.59 Å². The Balaban J connectivity index is 1.68. The quantitative estimate of drug-likeness (QED) is 0.235. The summed E-state index contributed by atoms with van der Waals surface area (Å²) in [5.41, 5.74) is 5.92. The van der Waals surface area contributed by atoms with E-state index < -0.39 is 5.97 Å².